The third-order valence-corrected chi connectivity index (χ3v) is 3.79. The van der Waals surface area contributed by atoms with Crippen molar-refractivity contribution in [2.75, 3.05) is 13.1 Å². The van der Waals surface area contributed by atoms with Gasteiger partial charge < -0.3 is 20.1 Å². The van der Waals surface area contributed by atoms with Gasteiger partial charge in [-0.25, -0.2) is 9.59 Å². The summed E-state index contributed by atoms with van der Waals surface area (Å²) in [6.45, 7) is 4.74. The Morgan fingerprint density at radius 2 is 2.05 bits per heavy atom. The van der Waals surface area contributed by atoms with Crippen LogP contribution in [0.15, 0.2) is 24.3 Å². The second-order valence-electron chi connectivity index (χ2n) is 5.35. The normalized spacial score (nSPS) is 15.8. The van der Waals surface area contributed by atoms with E-state index in [1.165, 1.54) is 0 Å². The molecule has 1 atom stereocenters. The quantitative estimate of drug-likeness (QED) is 0.841. The van der Waals surface area contributed by atoms with E-state index in [2.05, 4.69) is 12.2 Å². The van der Waals surface area contributed by atoms with Crippen molar-refractivity contribution in [2.45, 2.75) is 38.8 Å². The van der Waals surface area contributed by atoms with Crippen molar-refractivity contribution in [2.24, 2.45) is 0 Å². The van der Waals surface area contributed by atoms with Crippen molar-refractivity contribution >= 4 is 12.0 Å². The monoisotopic (exact) mass is 306 g/mol. The van der Waals surface area contributed by atoms with E-state index in [4.69, 9.17) is 9.84 Å². The molecule has 6 heteroatoms. The molecule has 1 heterocycles. The first-order chi connectivity index (χ1) is 10.5. The second-order valence-corrected chi connectivity index (χ2v) is 5.35. The zero-order valence-corrected chi connectivity index (χ0v) is 12.9. The van der Waals surface area contributed by atoms with E-state index in [9.17, 15) is 9.59 Å². The van der Waals surface area contributed by atoms with Gasteiger partial charge in [0.2, 0.25) is 0 Å². The van der Waals surface area contributed by atoms with Gasteiger partial charge in [0.25, 0.3) is 0 Å². The van der Waals surface area contributed by atoms with Crippen LogP contribution in [0.25, 0.3) is 0 Å². The summed E-state index contributed by atoms with van der Waals surface area (Å²) in [7, 11) is 0. The van der Waals surface area contributed by atoms with Crippen molar-refractivity contribution in [1.82, 2.24) is 10.2 Å². The fourth-order valence-electron chi connectivity index (χ4n) is 2.35. The summed E-state index contributed by atoms with van der Waals surface area (Å²) in [5.41, 5.74) is 1.14. The number of nitrogens with one attached hydrogen (secondary N) is 1. The molecule has 2 amide bonds. The predicted molar refractivity (Wildman–Crippen MR) is 82.1 cm³/mol. The minimum absolute atomic E-state index is 0.0386. The molecule has 1 aromatic rings. The van der Waals surface area contributed by atoms with E-state index in [1.807, 2.05) is 24.3 Å². The van der Waals surface area contributed by atoms with Crippen LogP contribution in [-0.4, -0.2) is 47.2 Å². The third-order valence-electron chi connectivity index (χ3n) is 3.79. The highest BCUT2D eigenvalue weighted by Crippen LogP contribution is 2.23. The minimum atomic E-state index is -1.01. The lowest BCUT2D eigenvalue weighted by Crippen LogP contribution is -2.60. The van der Waals surface area contributed by atoms with E-state index in [0.717, 1.165) is 17.7 Å². The smallest absolute Gasteiger partial charge is 0.326 e. The van der Waals surface area contributed by atoms with E-state index in [1.54, 1.807) is 11.8 Å². The largest absolute Gasteiger partial charge is 0.486 e. The number of carboxylic acids is 1. The van der Waals surface area contributed by atoms with Gasteiger partial charge in [-0.05, 0) is 24.5 Å². The third kappa shape index (κ3) is 3.69. The van der Waals surface area contributed by atoms with Crippen molar-refractivity contribution in [3.05, 3.63) is 29.8 Å². The average molecular weight is 306 g/mol. The maximum absolute atomic E-state index is 11.9. The summed E-state index contributed by atoms with van der Waals surface area (Å²) in [6.07, 6.45) is 1.21. The topological polar surface area (TPSA) is 78.9 Å². The molecule has 1 aliphatic rings. The van der Waals surface area contributed by atoms with Gasteiger partial charge in [-0.15, -0.1) is 0 Å². The first kappa shape index (κ1) is 16.1. The zero-order chi connectivity index (χ0) is 16.1. The first-order valence-corrected chi connectivity index (χ1v) is 7.57. The van der Waals surface area contributed by atoms with E-state index >= 15 is 0 Å². The number of benzene rings is 1. The molecule has 1 fully saturated rings. The van der Waals surface area contributed by atoms with Crippen LogP contribution in [0.4, 0.5) is 4.79 Å². The van der Waals surface area contributed by atoms with Crippen LogP contribution < -0.4 is 10.1 Å². The van der Waals surface area contributed by atoms with Crippen LogP contribution in [-0.2, 0) is 11.2 Å². The van der Waals surface area contributed by atoms with E-state index < -0.39 is 12.0 Å². The number of carbonyl (C=O) groups excluding carboxylic acids is 1. The van der Waals surface area contributed by atoms with Crippen molar-refractivity contribution in [3.8, 4) is 5.75 Å². The Balaban J connectivity index is 1.82. The van der Waals surface area contributed by atoms with Crippen LogP contribution in [0, 0.1) is 0 Å². The summed E-state index contributed by atoms with van der Waals surface area (Å²) in [5, 5.41) is 11.4. The number of para-hydroxylation sites is 1. The number of amides is 2. The standard InChI is InChI=1S/C16H22N2O4/c1-3-11-7-5-6-8-14(11)22-12-9-18(10-12)16(21)17-13(4-2)15(19)20/h5-8,12-13H,3-4,9-10H2,1-2H3,(H,17,21)(H,19,20). The number of hydrogen-bond acceptors (Lipinski definition) is 3. The molecule has 0 aromatic heterocycles. The number of nitrogens with zero attached hydrogens (tertiary/aromatic N) is 1. The fraction of sp³-hybridized carbons (Fsp3) is 0.500. The molecule has 120 valence electrons. The van der Waals surface area contributed by atoms with Crippen LogP contribution in [0.5, 0.6) is 5.75 Å². The molecule has 0 bridgehead atoms. The van der Waals surface area contributed by atoms with Crippen LogP contribution in [0.3, 0.4) is 0 Å². The van der Waals surface area contributed by atoms with Crippen molar-refractivity contribution in [3.63, 3.8) is 0 Å². The Kier molecular flexibility index (Phi) is 5.25. The zero-order valence-electron chi connectivity index (χ0n) is 12.9. The molecular weight excluding hydrogens is 284 g/mol. The highest BCUT2D eigenvalue weighted by Gasteiger charge is 2.34. The summed E-state index contributed by atoms with van der Waals surface area (Å²) >= 11 is 0. The SMILES string of the molecule is CCc1ccccc1OC1CN(C(=O)NC(CC)C(=O)O)C1. The number of aryl methyl sites for hydroxylation is 1. The van der Waals surface area contributed by atoms with Crippen molar-refractivity contribution < 1.29 is 19.4 Å². The molecule has 2 rings (SSSR count). The van der Waals surface area contributed by atoms with Gasteiger partial charge in [0.15, 0.2) is 0 Å². The molecule has 1 aromatic carbocycles. The number of carboxylic acid groups (broad SMARTS) is 1. The number of rotatable bonds is 6. The Hall–Kier alpha value is -2.24. The van der Waals surface area contributed by atoms with Gasteiger partial charge in [0.1, 0.15) is 17.9 Å². The molecule has 0 saturated carbocycles. The molecule has 0 spiro atoms. The molecule has 22 heavy (non-hydrogen) atoms. The molecule has 0 radical (unpaired) electrons. The Labute approximate surface area is 130 Å². The van der Waals surface area contributed by atoms with Gasteiger partial charge in [-0.2, -0.15) is 0 Å². The Morgan fingerprint density at radius 1 is 1.36 bits per heavy atom. The van der Waals surface area contributed by atoms with Gasteiger partial charge in [-0.1, -0.05) is 32.0 Å². The molecule has 2 N–H and O–H groups in total. The number of carbonyl (C=O) groups is 2. The van der Waals surface area contributed by atoms with Gasteiger partial charge in [-0.3, -0.25) is 0 Å². The predicted octanol–water partition coefficient (Wildman–Crippen LogP) is 1.88. The molecule has 6 nitrogen and oxygen atoms in total. The molecule has 1 saturated heterocycles. The summed E-state index contributed by atoms with van der Waals surface area (Å²) in [6, 6.07) is 6.67. The number of ether oxygens (including phenoxy) is 1. The summed E-state index contributed by atoms with van der Waals surface area (Å²) in [4.78, 5) is 24.4. The number of aliphatic carboxylic acids is 1. The molecule has 1 aliphatic heterocycles. The summed E-state index contributed by atoms with van der Waals surface area (Å²) in [5.74, 6) is -0.159. The first-order valence-electron chi connectivity index (χ1n) is 7.57. The van der Waals surface area contributed by atoms with Gasteiger partial charge >= 0.3 is 12.0 Å². The fourth-order valence-corrected chi connectivity index (χ4v) is 2.35. The Bertz CT molecular complexity index is 541. The maximum atomic E-state index is 11.9. The number of urea groups is 1. The van der Waals surface area contributed by atoms with Crippen LogP contribution >= 0.6 is 0 Å². The van der Waals surface area contributed by atoms with E-state index in [-0.39, 0.29) is 12.1 Å². The maximum Gasteiger partial charge on any atom is 0.326 e. The lowest BCUT2D eigenvalue weighted by Gasteiger charge is -2.39. The highest BCUT2D eigenvalue weighted by atomic mass is 16.5. The average Bonchev–Trinajstić information content (AvgIpc) is 2.47. The number of likely N-dealkylation sites (tertiary alicyclic amines) is 1. The Morgan fingerprint density at radius 3 is 2.64 bits per heavy atom. The van der Waals surface area contributed by atoms with Crippen molar-refractivity contribution in [1.29, 1.82) is 0 Å². The molecule has 1 unspecified atom stereocenters. The van der Waals surface area contributed by atoms with Gasteiger partial charge in [0, 0.05) is 0 Å². The van der Waals surface area contributed by atoms with Crippen LogP contribution in [0.1, 0.15) is 25.8 Å². The summed E-state index contributed by atoms with van der Waals surface area (Å²) < 4.78 is 5.89. The lowest BCUT2D eigenvalue weighted by atomic mass is 10.1. The van der Waals surface area contributed by atoms with Gasteiger partial charge in [0.05, 0.1) is 13.1 Å². The second kappa shape index (κ2) is 7.15. The van der Waals surface area contributed by atoms with Crippen LogP contribution in [0.2, 0.25) is 0 Å². The molecule has 0 aliphatic carbocycles. The molecular formula is C16H22N2O4. The minimum Gasteiger partial charge on any atom is -0.486 e. The van der Waals surface area contributed by atoms with E-state index in [0.29, 0.717) is 19.5 Å². The number of hydrogen-bond donors (Lipinski definition) is 2. The lowest BCUT2D eigenvalue weighted by molar-refractivity contribution is -0.139. The highest BCUT2D eigenvalue weighted by molar-refractivity contribution is 5.83.